The summed E-state index contributed by atoms with van der Waals surface area (Å²) >= 11 is 6.83. The van der Waals surface area contributed by atoms with E-state index in [9.17, 15) is 9.59 Å². The largest absolute Gasteiger partial charge is 0.356 e. The van der Waals surface area contributed by atoms with E-state index >= 15 is 0 Å². The highest BCUT2D eigenvalue weighted by molar-refractivity contribution is 9.11. The molecular formula is C15H18Br2N2O2. The van der Waals surface area contributed by atoms with Crippen molar-refractivity contribution in [1.29, 1.82) is 0 Å². The quantitative estimate of drug-likeness (QED) is 0.820. The number of halogens is 2. The molecule has 0 atom stereocenters. The van der Waals surface area contributed by atoms with E-state index in [1.807, 2.05) is 23.1 Å². The van der Waals surface area contributed by atoms with Crippen LogP contribution < -0.4 is 5.32 Å². The Hall–Kier alpha value is -0.880. The van der Waals surface area contributed by atoms with Gasteiger partial charge in [0.2, 0.25) is 5.91 Å². The summed E-state index contributed by atoms with van der Waals surface area (Å²) in [6.45, 7) is 3.71. The number of nitrogens with zero attached hydrogens (tertiary/aromatic N) is 1. The van der Waals surface area contributed by atoms with Crippen molar-refractivity contribution in [1.82, 2.24) is 10.2 Å². The predicted molar refractivity (Wildman–Crippen MR) is 89.2 cm³/mol. The molecule has 1 aromatic carbocycles. The van der Waals surface area contributed by atoms with Gasteiger partial charge in [-0.25, -0.2) is 0 Å². The summed E-state index contributed by atoms with van der Waals surface area (Å²) in [5, 5.41) is 2.85. The molecule has 1 aromatic rings. The number of amides is 2. The summed E-state index contributed by atoms with van der Waals surface area (Å²) in [5.74, 6) is 0.525. The maximum Gasteiger partial charge on any atom is 0.255 e. The van der Waals surface area contributed by atoms with Crippen molar-refractivity contribution in [3.63, 3.8) is 0 Å². The molecule has 1 N–H and O–H groups in total. The molecule has 0 radical (unpaired) electrons. The monoisotopic (exact) mass is 416 g/mol. The zero-order valence-corrected chi connectivity index (χ0v) is 15.0. The van der Waals surface area contributed by atoms with Crippen LogP contribution in [-0.4, -0.2) is 36.3 Å². The van der Waals surface area contributed by atoms with Gasteiger partial charge < -0.3 is 10.2 Å². The number of rotatable bonds is 3. The maximum atomic E-state index is 12.6. The first-order valence-electron chi connectivity index (χ1n) is 6.96. The van der Waals surface area contributed by atoms with Gasteiger partial charge in [-0.3, -0.25) is 9.59 Å². The van der Waals surface area contributed by atoms with Gasteiger partial charge in [0.15, 0.2) is 0 Å². The third kappa shape index (κ3) is 4.54. The van der Waals surface area contributed by atoms with Crippen LogP contribution in [0.3, 0.4) is 0 Å². The number of carbonyl (C=O) groups excluding carboxylic acids is 2. The highest BCUT2D eigenvalue weighted by Gasteiger charge is 2.24. The molecule has 1 heterocycles. The van der Waals surface area contributed by atoms with Crippen molar-refractivity contribution < 1.29 is 9.59 Å². The lowest BCUT2D eigenvalue weighted by molar-refractivity contribution is -0.119. The van der Waals surface area contributed by atoms with Gasteiger partial charge in [-0.05, 0) is 52.9 Å². The van der Waals surface area contributed by atoms with Crippen LogP contribution in [0.4, 0.5) is 0 Å². The van der Waals surface area contributed by atoms with Crippen LogP contribution in [-0.2, 0) is 4.79 Å². The molecule has 4 nitrogen and oxygen atoms in total. The fourth-order valence-corrected chi connectivity index (χ4v) is 3.24. The van der Waals surface area contributed by atoms with Gasteiger partial charge in [0, 0.05) is 35.5 Å². The van der Waals surface area contributed by atoms with E-state index in [1.165, 1.54) is 6.92 Å². The SMILES string of the molecule is CC(=O)NCC1CCN(C(=O)c2cc(Br)ccc2Br)CC1. The summed E-state index contributed by atoms with van der Waals surface area (Å²) in [6, 6.07) is 5.62. The average molecular weight is 418 g/mol. The molecule has 1 fully saturated rings. The average Bonchev–Trinajstić information content (AvgIpc) is 2.47. The molecule has 1 aliphatic rings. The topological polar surface area (TPSA) is 49.4 Å². The summed E-state index contributed by atoms with van der Waals surface area (Å²) in [7, 11) is 0. The highest BCUT2D eigenvalue weighted by Crippen LogP contribution is 2.25. The molecule has 1 aliphatic heterocycles. The number of hydrogen-bond donors (Lipinski definition) is 1. The molecule has 6 heteroatoms. The van der Waals surface area contributed by atoms with Gasteiger partial charge in [-0.1, -0.05) is 15.9 Å². The molecule has 0 aliphatic carbocycles. The Morgan fingerprint density at radius 1 is 1.29 bits per heavy atom. The second-order valence-electron chi connectivity index (χ2n) is 5.30. The number of carbonyl (C=O) groups is 2. The Morgan fingerprint density at radius 2 is 1.95 bits per heavy atom. The molecule has 2 rings (SSSR count). The molecular weight excluding hydrogens is 400 g/mol. The smallest absolute Gasteiger partial charge is 0.255 e. The van der Waals surface area contributed by atoms with Crippen molar-refractivity contribution in [2.75, 3.05) is 19.6 Å². The lowest BCUT2D eigenvalue weighted by Gasteiger charge is -2.32. The molecule has 0 spiro atoms. The summed E-state index contributed by atoms with van der Waals surface area (Å²) < 4.78 is 1.71. The van der Waals surface area contributed by atoms with Crippen molar-refractivity contribution >= 4 is 43.7 Å². The second kappa shape index (κ2) is 7.40. The minimum atomic E-state index is 0.00609. The maximum absolute atomic E-state index is 12.6. The molecule has 21 heavy (non-hydrogen) atoms. The van der Waals surface area contributed by atoms with Crippen LogP contribution in [0.25, 0.3) is 0 Å². The Bertz CT molecular complexity index is 540. The zero-order valence-electron chi connectivity index (χ0n) is 11.9. The van der Waals surface area contributed by atoms with Crippen molar-refractivity contribution in [3.8, 4) is 0 Å². The van der Waals surface area contributed by atoms with E-state index in [1.54, 1.807) is 0 Å². The third-order valence-corrected chi connectivity index (χ3v) is 4.88. The van der Waals surface area contributed by atoms with Crippen LogP contribution in [0, 0.1) is 5.92 Å². The van der Waals surface area contributed by atoms with Gasteiger partial charge in [0.05, 0.1) is 5.56 Å². The normalized spacial score (nSPS) is 15.9. The fraction of sp³-hybridized carbons (Fsp3) is 0.467. The van der Waals surface area contributed by atoms with Crippen LogP contribution in [0.15, 0.2) is 27.1 Å². The van der Waals surface area contributed by atoms with E-state index in [-0.39, 0.29) is 11.8 Å². The molecule has 0 bridgehead atoms. The number of piperidine rings is 1. The first-order valence-corrected chi connectivity index (χ1v) is 8.54. The molecule has 1 saturated heterocycles. The van der Waals surface area contributed by atoms with Gasteiger partial charge >= 0.3 is 0 Å². The van der Waals surface area contributed by atoms with E-state index in [2.05, 4.69) is 37.2 Å². The van der Waals surface area contributed by atoms with Crippen LogP contribution in [0.1, 0.15) is 30.1 Å². The van der Waals surface area contributed by atoms with Crippen molar-refractivity contribution in [2.24, 2.45) is 5.92 Å². The first kappa shape index (κ1) is 16.5. The first-order chi connectivity index (χ1) is 9.97. The molecule has 114 valence electrons. The summed E-state index contributed by atoms with van der Waals surface area (Å²) in [5.41, 5.74) is 0.685. The van der Waals surface area contributed by atoms with Crippen molar-refractivity contribution in [3.05, 3.63) is 32.7 Å². The van der Waals surface area contributed by atoms with E-state index in [0.29, 0.717) is 18.0 Å². The Kier molecular flexibility index (Phi) is 5.81. The Balaban J connectivity index is 1.94. The second-order valence-corrected chi connectivity index (χ2v) is 7.07. The van der Waals surface area contributed by atoms with Gasteiger partial charge in [-0.15, -0.1) is 0 Å². The lowest BCUT2D eigenvalue weighted by Crippen LogP contribution is -2.41. The Labute approximate surface area is 141 Å². The van der Waals surface area contributed by atoms with Crippen LogP contribution >= 0.6 is 31.9 Å². The highest BCUT2D eigenvalue weighted by atomic mass is 79.9. The van der Waals surface area contributed by atoms with Gasteiger partial charge in [-0.2, -0.15) is 0 Å². The number of nitrogens with one attached hydrogen (secondary N) is 1. The van der Waals surface area contributed by atoms with Gasteiger partial charge in [0.25, 0.3) is 5.91 Å². The Morgan fingerprint density at radius 3 is 2.57 bits per heavy atom. The minimum absolute atomic E-state index is 0.00609. The molecule has 2 amide bonds. The van der Waals surface area contributed by atoms with E-state index < -0.39 is 0 Å². The van der Waals surface area contributed by atoms with Gasteiger partial charge in [0.1, 0.15) is 0 Å². The predicted octanol–water partition coefficient (Wildman–Crippen LogP) is 3.20. The summed E-state index contributed by atoms with van der Waals surface area (Å²) in [4.78, 5) is 25.4. The lowest BCUT2D eigenvalue weighted by atomic mass is 9.96. The van der Waals surface area contributed by atoms with Crippen LogP contribution in [0.2, 0.25) is 0 Å². The third-order valence-electron chi connectivity index (χ3n) is 3.70. The summed E-state index contributed by atoms with van der Waals surface area (Å²) in [6.07, 6.45) is 1.86. The zero-order chi connectivity index (χ0) is 15.4. The number of hydrogen-bond acceptors (Lipinski definition) is 2. The standard InChI is InChI=1S/C15H18Br2N2O2/c1-10(20)18-9-11-4-6-19(7-5-11)15(21)13-8-12(16)2-3-14(13)17/h2-3,8,11H,4-7,9H2,1H3,(H,18,20). The molecule has 0 aromatic heterocycles. The van der Waals surface area contributed by atoms with E-state index in [4.69, 9.17) is 0 Å². The van der Waals surface area contributed by atoms with E-state index in [0.717, 1.165) is 34.9 Å². The number of likely N-dealkylation sites (tertiary alicyclic amines) is 1. The minimum Gasteiger partial charge on any atom is -0.356 e. The molecule has 0 saturated carbocycles. The number of benzene rings is 1. The molecule has 0 unspecified atom stereocenters. The fourth-order valence-electron chi connectivity index (χ4n) is 2.46. The van der Waals surface area contributed by atoms with Crippen LogP contribution in [0.5, 0.6) is 0 Å². The van der Waals surface area contributed by atoms with Crippen molar-refractivity contribution in [2.45, 2.75) is 19.8 Å².